The lowest BCUT2D eigenvalue weighted by atomic mass is 9.97. The van der Waals surface area contributed by atoms with Gasteiger partial charge in [-0.1, -0.05) is 0 Å². The quantitative estimate of drug-likeness (QED) is 0.822. The minimum atomic E-state index is 0. The Kier molecular flexibility index (Phi) is 5.94. The summed E-state index contributed by atoms with van der Waals surface area (Å²) < 4.78 is 0. The van der Waals surface area contributed by atoms with Gasteiger partial charge in [0, 0.05) is 13.1 Å². The number of thioether (sulfide) groups is 1. The summed E-state index contributed by atoms with van der Waals surface area (Å²) in [5, 5.41) is 0.263. The lowest BCUT2D eigenvalue weighted by Gasteiger charge is -2.32. The van der Waals surface area contributed by atoms with Crippen molar-refractivity contribution in [3.63, 3.8) is 0 Å². The van der Waals surface area contributed by atoms with E-state index < -0.39 is 0 Å². The zero-order chi connectivity index (χ0) is 10.7. The van der Waals surface area contributed by atoms with Crippen LogP contribution in [0.4, 0.5) is 0 Å². The van der Waals surface area contributed by atoms with E-state index in [2.05, 4.69) is 4.90 Å². The summed E-state index contributed by atoms with van der Waals surface area (Å²) in [7, 11) is 0. The van der Waals surface area contributed by atoms with E-state index in [1.54, 1.807) is 0 Å². The normalized spacial score (nSPS) is 26.6. The number of nitrogens with zero attached hydrogens (tertiary/aromatic N) is 1. The van der Waals surface area contributed by atoms with Gasteiger partial charge in [0.15, 0.2) is 0 Å². The molecule has 16 heavy (non-hydrogen) atoms. The van der Waals surface area contributed by atoms with Crippen LogP contribution < -0.4 is 5.73 Å². The first kappa shape index (κ1) is 14.1. The van der Waals surface area contributed by atoms with E-state index in [9.17, 15) is 4.79 Å². The van der Waals surface area contributed by atoms with Crippen molar-refractivity contribution in [3.05, 3.63) is 0 Å². The van der Waals surface area contributed by atoms with Gasteiger partial charge in [0.1, 0.15) is 0 Å². The van der Waals surface area contributed by atoms with Gasteiger partial charge >= 0.3 is 0 Å². The molecule has 2 fully saturated rings. The summed E-state index contributed by atoms with van der Waals surface area (Å²) in [4.78, 5) is 14.1. The van der Waals surface area contributed by atoms with Gasteiger partial charge in [0.05, 0.1) is 5.25 Å². The fraction of sp³-hybridized carbons (Fsp3) is 0.909. The van der Waals surface area contributed by atoms with Crippen LogP contribution in [0.2, 0.25) is 0 Å². The molecule has 2 aliphatic heterocycles. The first-order valence-electron chi connectivity index (χ1n) is 5.91. The van der Waals surface area contributed by atoms with Gasteiger partial charge in [-0.3, -0.25) is 4.79 Å². The van der Waals surface area contributed by atoms with Gasteiger partial charge in [-0.2, -0.15) is 0 Å². The summed E-state index contributed by atoms with van der Waals surface area (Å²) in [5.41, 5.74) is 5.64. The van der Waals surface area contributed by atoms with Crippen LogP contribution in [-0.4, -0.2) is 41.4 Å². The molecule has 1 amide bonds. The van der Waals surface area contributed by atoms with E-state index in [1.807, 2.05) is 11.8 Å². The molecule has 94 valence electrons. The van der Waals surface area contributed by atoms with Crippen LogP contribution in [-0.2, 0) is 4.79 Å². The molecule has 2 N–H and O–H groups in total. The number of amides is 1. The number of likely N-dealkylation sites (tertiary alicyclic amines) is 1. The molecule has 0 aliphatic carbocycles. The first-order valence-corrected chi connectivity index (χ1v) is 6.96. The highest BCUT2D eigenvalue weighted by Gasteiger charge is 2.29. The highest BCUT2D eigenvalue weighted by molar-refractivity contribution is 8.00. The molecule has 1 atom stereocenters. The third-order valence-corrected chi connectivity index (χ3v) is 4.83. The van der Waals surface area contributed by atoms with E-state index in [4.69, 9.17) is 5.73 Å². The third-order valence-electron chi connectivity index (χ3n) is 3.46. The van der Waals surface area contributed by atoms with Crippen molar-refractivity contribution in [1.82, 2.24) is 4.90 Å². The Morgan fingerprint density at radius 2 is 2.00 bits per heavy atom. The molecule has 3 nitrogen and oxygen atoms in total. The predicted octanol–water partition coefficient (Wildman–Crippen LogP) is 1.50. The number of hydrogen-bond donors (Lipinski definition) is 1. The monoisotopic (exact) mass is 264 g/mol. The van der Waals surface area contributed by atoms with Crippen LogP contribution in [0.3, 0.4) is 0 Å². The van der Waals surface area contributed by atoms with Crippen LogP contribution in [0.25, 0.3) is 0 Å². The second-order valence-corrected chi connectivity index (χ2v) is 5.82. The first-order chi connectivity index (χ1) is 7.31. The topological polar surface area (TPSA) is 46.3 Å². The smallest absolute Gasteiger partial charge is 0.235 e. The van der Waals surface area contributed by atoms with Crippen molar-refractivity contribution in [3.8, 4) is 0 Å². The van der Waals surface area contributed by atoms with Crippen LogP contribution in [0.5, 0.6) is 0 Å². The van der Waals surface area contributed by atoms with Crippen LogP contribution >= 0.6 is 24.2 Å². The number of nitrogens with two attached hydrogens (primary N) is 1. The summed E-state index contributed by atoms with van der Waals surface area (Å²) >= 11 is 1.83. The van der Waals surface area contributed by atoms with E-state index in [0.29, 0.717) is 11.8 Å². The molecule has 2 saturated heterocycles. The van der Waals surface area contributed by atoms with E-state index in [1.165, 1.54) is 6.42 Å². The Labute approximate surface area is 108 Å². The van der Waals surface area contributed by atoms with Crippen molar-refractivity contribution in [2.24, 2.45) is 11.7 Å². The highest BCUT2D eigenvalue weighted by Crippen LogP contribution is 2.29. The molecule has 0 saturated carbocycles. The molecule has 0 aromatic carbocycles. The second-order valence-electron chi connectivity index (χ2n) is 4.51. The average molecular weight is 265 g/mol. The van der Waals surface area contributed by atoms with Gasteiger partial charge in [-0.25, -0.2) is 0 Å². The van der Waals surface area contributed by atoms with Gasteiger partial charge in [-0.15, -0.1) is 24.2 Å². The number of carbonyl (C=O) groups is 1. The van der Waals surface area contributed by atoms with Crippen molar-refractivity contribution < 1.29 is 4.79 Å². The zero-order valence-electron chi connectivity index (χ0n) is 9.56. The molecule has 0 radical (unpaired) electrons. The molecule has 2 heterocycles. The number of carbonyl (C=O) groups excluding carboxylic acids is 1. The summed E-state index contributed by atoms with van der Waals surface area (Å²) in [5.74, 6) is 2.19. The van der Waals surface area contributed by atoms with Crippen LogP contribution in [0.1, 0.15) is 25.7 Å². The standard InChI is InChI=1S/C11H20N2OS.ClH/c12-8-9-3-5-13(6-4-9)11(14)10-2-1-7-15-10;/h9-10H,1-8,12H2;1H. The van der Waals surface area contributed by atoms with Crippen LogP contribution in [0.15, 0.2) is 0 Å². The van der Waals surface area contributed by atoms with Gasteiger partial charge < -0.3 is 10.6 Å². The third kappa shape index (κ3) is 3.28. The molecular formula is C11H21ClN2OS. The van der Waals surface area contributed by atoms with Crippen molar-refractivity contribution >= 4 is 30.1 Å². The summed E-state index contributed by atoms with van der Waals surface area (Å²) in [6.45, 7) is 2.63. The Balaban J connectivity index is 0.00000128. The fourth-order valence-electron chi connectivity index (χ4n) is 2.37. The maximum atomic E-state index is 12.1. The Morgan fingerprint density at radius 3 is 2.50 bits per heavy atom. The number of rotatable bonds is 2. The lowest BCUT2D eigenvalue weighted by molar-refractivity contribution is -0.131. The molecule has 0 bridgehead atoms. The number of halogens is 1. The minimum Gasteiger partial charge on any atom is -0.342 e. The number of hydrogen-bond acceptors (Lipinski definition) is 3. The molecule has 0 aromatic heterocycles. The number of piperidine rings is 1. The molecule has 2 rings (SSSR count). The Bertz CT molecular complexity index is 226. The van der Waals surface area contributed by atoms with Gasteiger partial charge in [0.2, 0.25) is 5.91 Å². The molecule has 0 spiro atoms. The van der Waals surface area contributed by atoms with Gasteiger partial charge in [-0.05, 0) is 43.9 Å². The van der Waals surface area contributed by atoms with Crippen molar-refractivity contribution in [1.29, 1.82) is 0 Å². The minimum absolute atomic E-state index is 0. The maximum absolute atomic E-state index is 12.1. The molecule has 0 aromatic rings. The maximum Gasteiger partial charge on any atom is 0.235 e. The Hall–Kier alpha value is 0.0700. The SMILES string of the molecule is Cl.NCC1CCN(C(=O)C2CCCS2)CC1. The fourth-order valence-corrected chi connectivity index (χ4v) is 3.61. The predicted molar refractivity (Wildman–Crippen MR) is 71.1 cm³/mol. The second kappa shape index (κ2) is 6.72. The highest BCUT2D eigenvalue weighted by atomic mass is 35.5. The molecule has 1 unspecified atom stereocenters. The summed E-state index contributed by atoms with van der Waals surface area (Å²) in [6, 6.07) is 0. The summed E-state index contributed by atoms with van der Waals surface area (Å²) in [6.07, 6.45) is 4.49. The van der Waals surface area contributed by atoms with Crippen LogP contribution in [0, 0.1) is 5.92 Å². The zero-order valence-corrected chi connectivity index (χ0v) is 11.2. The van der Waals surface area contributed by atoms with Crippen molar-refractivity contribution in [2.45, 2.75) is 30.9 Å². The molecule has 2 aliphatic rings. The molecule has 5 heteroatoms. The Morgan fingerprint density at radius 1 is 1.31 bits per heavy atom. The van der Waals surface area contributed by atoms with E-state index >= 15 is 0 Å². The van der Waals surface area contributed by atoms with Gasteiger partial charge in [0.25, 0.3) is 0 Å². The lowest BCUT2D eigenvalue weighted by Crippen LogP contribution is -2.43. The largest absolute Gasteiger partial charge is 0.342 e. The average Bonchev–Trinajstić information content (AvgIpc) is 2.82. The van der Waals surface area contributed by atoms with E-state index in [-0.39, 0.29) is 17.7 Å². The van der Waals surface area contributed by atoms with Crippen molar-refractivity contribution in [2.75, 3.05) is 25.4 Å². The van der Waals surface area contributed by atoms with E-state index in [0.717, 1.165) is 44.6 Å². The molecular weight excluding hydrogens is 244 g/mol.